The third-order valence-electron chi connectivity index (χ3n) is 2.73. The van der Waals surface area contributed by atoms with E-state index in [2.05, 4.69) is 26.3 Å². The van der Waals surface area contributed by atoms with Crippen LogP contribution in [-0.2, 0) is 6.54 Å². The van der Waals surface area contributed by atoms with Gasteiger partial charge in [-0.1, -0.05) is 15.9 Å². The number of anilines is 1. The van der Waals surface area contributed by atoms with Crippen LogP contribution in [0.3, 0.4) is 0 Å². The Hall–Kier alpha value is -1.73. The van der Waals surface area contributed by atoms with Gasteiger partial charge in [-0.2, -0.15) is 5.10 Å². The number of aliphatic hydroxyl groups is 1. The van der Waals surface area contributed by atoms with Crippen LogP contribution >= 0.6 is 15.9 Å². The van der Waals surface area contributed by atoms with Crippen molar-refractivity contribution in [2.45, 2.75) is 13.5 Å². The van der Waals surface area contributed by atoms with Crippen molar-refractivity contribution in [3.05, 3.63) is 45.9 Å². The number of halogens is 2. The molecule has 0 atom stereocenters. The number of benzene rings is 1. The van der Waals surface area contributed by atoms with E-state index >= 15 is 0 Å². The minimum atomic E-state index is -0.529. The molecule has 1 amide bonds. The fourth-order valence-corrected chi connectivity index (χ4v) is 2.14. The highest BCUT2D eigenvalue weighted by Gasteiger charge is 2.17. The molecule has 0 saturated heterocycles. The average molecular weight is 342 g/mol. The number of aliphatic hydroxyl groups excluding tert-OH is 1. The molecule has 7 heteroatoms. The summed E-state index contributed by atoms with van der Waals surface area (Å²) in [4.78, 5) is 12.2. The first kappa shape index (κ1) is 14.7. The van der Waals surface area contributed by atoms with E-state index in [4.69, 9.17) is 5.11 Å². The number of hydrogen-bond acceptors (Lipinski definition) is 3. The van der Waals surface area contributed by atoms with E-state index in [1.807, 2.05) is 0 Å². The first-order valence-electron chi connectivity index (χ1n) is 5.92. The van der Waals surface area contributed by atoms with Crippen LogP contribution in [0.25, 0.3) is 0 Å². The van der Waals surface area contributed by atoms with Gasteiger partial charge in [-0.05, 0) is 30.7 Å². The predicted octanol–water partition coefficient (Wildman–Crippen LogP) is 2.34. The molecule has 0 aliphatic rings. The summed E-state index contributed by atoms with van der Waals surface area (Å²) in [6.07, 6.45) is 1.53. The molecule has 0 spiro atoms. The monoisotopic (exact) mass is 341 g/mol. The lowest BCUT2D eigenvalue weighted by Gasteiger charge is -2.09. The summed E-state index contributed by atoms with van der Waals surface area (Å²) in [5, 5.41) is 15.4. The minimum absolute atomic E-state index is 0.0920. The maximum absolute atomic E-state index is 13.7. The summed E-state index contributed by atoms with van der Waals surface area (Å²) in [5.41, 5.74) is 1.06. The summed E-state index contributed by atoms with van der Waals surface area (Å²) >= 11 is 3.15. The van der Waals surface area contributed by atoms with Crippen LogP contribution in [0.2, 0.25) is 0 Å². The Morgan fingerprint density at radius 1 is 1.55 bits per heavy atom. The Morgan fingerprint density at radius 3 is 2.95 bits per heavy atom. The largest absolute Gasteiger partial charge is 0.394 e. The van der Waals surface area contributed by atoms with Crippen molar-refractivity contribution in [3.8, 4) is 0 Å². The molecule has 0 aliphatic carbocycles. The lowest BCUT2D eigenvalue weighted by Crippen LogP contribution is -2.20. The van der Waals surface area contributed by atoms with Gasteiger partial charge in [0.25, 0.3) is 5.91 Å². The molecule has 1 aromatic carbocycles. The highest BCUT2D eigenvalue weighted by Crippen LogP contribution is 2.20. The quantitative estimate of drug-likeness (QED) is 0.896. The van der Waals surface area contributed by atoms with Gasteiger partial charge in [-0.15, -0.1) is 0 Å². The van der Waals surface area contributed by atoms with Crippen molar-refractivity contribution in [2.24, 2.45) is 0 Å². The van der Waals surface area contributed by atoms with Gasteiger partial charge in [0.1, 0.15) is 11.5 Å². The molecule has 0 bridgehead atoms. The van der Waals surface area contributed by atoms with E-state index in [1.54, 1.807) is 13.0 Å². The maximum Gasteiger partial charge on any atom is 0.274 e. The number of hydrogen-bond donors (Lipinski definition) is 2. The van der Waals surface area contributed by atoms with Crippen molar-refractivity contribution in [2.75, 3.05) is 11.9 Å². The van der Waals surface area contributed by atoms with Crippen LogP contribution in [-0.4, -0.2) is 27.4 Å². The smallest absolute Gasteiger partial charge is 0.274 e. The summed E-state index contributed by atoms with van der Waals surface area (Å²) in [5.74, 6) is -0.992. The van der Waals surface area contributed by atoms with Crippen molar-refractivity contribution in [1.29, 1.82) is 0 Å². The predicted molar refractivity (Wildman–Crippen MR) is 76.1 cm³/mol. The Labute approximate surface area is 123 Å². The highest BCUT2D eigenvalue weighted by atomic mass is 79.9. The average Bonchev–Trinajstić information content (AvgIpc) is 2.74. The Bertz CT molecular complexity index is 643. The summed E-state index contributed by atoms with van der Waals surface area (Å²) < 4.78 is 15.7. The zero-order valence-corrected chi connectivity index (χ0v) is 12.3. The van der Waals surface area contributed by atoms with Crippen LogP contribution in [0, 0.1) is 12.7 Å². The number of aromatic nitrogens is 2. The fourth-order valence-electron chi connectivity index (χ4n) is 1.81. The topological polar surface area (TPSA) is 67.1 Å². The van der Waals surface area contributed by atoms with Gasteiger partial charge in [0.15, 0.2) is 0 Å². The van der Waals surface area contributed by atoms with E-state index in [0.29, 0.717) is 15.7 Å². The number of nitrogens with one attached hydrogen (secondary N) is 1. The molecule has 0 saturated carbocycles. The molecule has 5 nitrogen and oxygen atoms in total. The van der Waals surface area contributed by atoms with Crippen LogP contribution in [0.15, 0.2) is 28.9 Å². The molecule has 2 rings (SSSR count). The highest BCUT2D eigenvalue weighted by molar-refractivity contribution is 9.10. The van der Waals surface area contributed by atoms with E-state index in [-0.39, 0.29) is 18.8 Å². The first-order chi connectivity index (χ1) is 9.52. The van der Waals surface area contributed by atoms with Gasteiger partial charge in [-0.25, -0.2) is 4.39 Å². The van der Waals surface area contributed by atoms with E-state index in [1.165, 1.54) is 23.0 Å². The molecular weight excluding hydrogens is 329 g/mol. The zero-order chi connectivity index (χ0) is 14.7. The van der Waals surface area contributed by atoms with Gasteiger partial charge in [0.2, 0.25) is 0 Å². The molecule has 106 valence electrons. The molecule has 1 heterocycles. The number of carbonyl (C=O) groups excluding carboxylic acids is 1. The van der Waals surface area contributed by atoms with Crippen LogP contribution in [0.4, 0.5) is 10.1 Å². The van der Waals surface area contributed by atoms with Crippen LogP contribution in [0.5, 0.6) is 0 Å². The number of carbonyl (C=O) groups is 1. The van der Waals surface area contributed by atoms with Gasteiger partial charge in [0, 0.05) is 4.47 Å². The second-order valence-electron chi connectivity index (χ2n) is 4.20. The third kappa shape index (κ3) is 3.05. The third-order valence-corrected chi connectivity index (χ3v) is 3.22. The van der Waals surface area contributed by atoms with Crippen LogP contribution < -0.4 is 5.32 Å². The van der Waals surface area contributed by atoms with E-state index in [0.717, 1.165) is 0 Å². The van der Waals surface area contributed by atoms with Crippen LogP contribution in [0.1, 0.15) is 16.1 Å². The van der Waals surface area contributed by atoms with Gasteiger partial charge in [0.05, 0.1) is 25.0 Å². The van der Waals surface area contributed by atoms with Crippen molar-refractivity contribution < 1.29 is 14.3 Å². The molecule has 0 unspecified atom stereocenters. The van der Waals surface area contributed by atoms with Gasteiger partial charge < -0.3 is 10.4 Å². The second-order valence-corrected chi connectivity index (χ2v) is 5.12. The Kier molecular flexibility index (Phi) is 4.51. The number of rotatable bonds is 4. The van der Waals surface area contributed by atoms with Gasteiger partial charge in [-0.3, -0.25) is 9.48 Å². The second kappa shape index (κ2) is 6.15. The van der Waals surface area contributed by atoms with Crippen molar-refractivity contribution in [3.63, 3.8) is 0 Å². The standard InChI is InChI=1S/C13H13BrFN3O2/c1-8-7-16-18(4-5-19)12(8)13(20)17-11-3-2-9(14)6-10(11)15/h2-3,6-7,19H,4-5H2,1H3,(H,17,20). The van der Waals surface area contributed by atoms with E-state index in [9.17, 15) is 9.18 Å². The normalized spacial score (nSPS) is 10.6. The van der Waals surface area contributed by atoms with Crippen molar-refractivity contribution in [1.82, 2.24) is 9.78 Å². The Balaban J connectivity index is 2.26. The van der Waals surface area contributed by atoms with Crippen molar-refractivity contribution >= 4 is 27.5 Å². The lowest BCUT2D eigenvalue weighted by molar-refractivity contribution is 0.101. The molecule has 0 aliphatic heterocycles. The molecule has 2 N–H and O–H groups in total. The summed E-state index contributed by atoms with van der Waals surface area (Å²) in [7, 11) is 0. The molecule has 0 radical (unpaired) electrons. The summed E-state index contributed by atoms with van der Waals surface area (Å²) in [6.45, 7) is 1.81. The maximum atomic E-state index is 13.7. The SMILES string of the molecule is Cc1cnn(CCO)c1C(=O)Nc1ccc(Br)cc1F. The molecule has 20 heavy (non-hydrogen) atoms. The number of amides is 1. The molecule has 0 fully saturated rings. The minimum Gasteiger partial charge on any atom is -0.394 e. The fraction of sp³-hybridized carbons (Fsp3) is 0.231. The summed E-state index contributed by atoms with van der Waals surface area (Å²) in [6, 6.07) is 4.38. The van der Waals surface area contributed by atoms with Gasteiger partial charge >= 0.3 is 0 Å². The molecule has 2 aromatic rings. The number of nitrogens with zero attached hydrogens (tertiary/aromatic N) is 2. The zero-order valence-electron chi connectivity index (χ0n) is 10.7. The van der Waals surface area contributed by atoms with E-state index < -0.39 is 11.7 Å². The molecule has 1 aromatic heterocycles. The first-order valence-corrected chi connectivity index (χ1v) is 6.72. The lowest BCUT2D eigenvalue weighted by atomic mass is 10.2. The Morgan fingerprint density at radius 2 is 2.30 bits per heavy atom. The molecular formula is C13H13BrFN3O2. The number of aryl methyl sites for hydroxylation is 1.